The Bertz CT molecular complexity index is 435. The Hall–Kier alpha value is -1.10. The van der Waals surface area contributed by atoms with Crippen molar-refractivity contribution in [3.05, 3.63) is 29.3 Å². The topological polar surface area (TPSA) is 49.8 Å². The Balaban J connectivity index is 3.17. The summed E-state index contributed by atoms with van der Waals surface area (Å²) in [5.74, 6) is -0.374. The van der Waals surface area contributed by atoms with Gasteiger partial charge in [0.2, 0.25) is 5.91 Å². The molecule has 0 saturated heterocycles. The van der Waals surface area contributed by atoms with Crippen LogP contribution in [0.15, 0.2) is 18.2 Å². The van der Waals surface area contributed by atoms with Crippen LogP contribution in [0, 0.1) is 6.92 Å². The van der Waals surface area contributed by atoms with Gasteiger partial charge < -0.3 is 9.84 Å². The van der Waals surface area contributed by atoms with E-state index in [1.165, 1.54) is 4.90 Å². The lowest BCUT2D eigenvalue weighted by Gasteiger charge is -2.25. The molecule has 0 spiro atoms. The molecule has 1 aromatic carbocycles. The van der Waals surface area contributed by atoms with E-state index >= 15 is 0 Å². The van der Waals surface area contributed by atoms with Crippen LogP contribution in [0.5, 0.6) is 0 Å². The zero-order chi connectivity index (χ0) is 14.4. The molecule has 106 valence electrons. The van der Waals surface area contributed by atoms with Gasteiger partial charge in [-0.05, 0) is 26.8 Å². The van der Waals surface area contributed by atoms with E-state index in [1.54, 1.807) is 13.0 Å². The number of carbonyl (C=O) groups is 1. The third kappa shape index (κ3) is 4.20. The van der Waals surface area contributed by atoms with Gasteiger partial charge in [0.05, 0.1) is 11.8 Å². The molecule has 0 bridgehead atoms. The third-order valence-corrected chi connectivity index (χ3v) is 2.99. The molecule has 1 unspecified atom stereocenters. The summed E-state index contributed by atoms with van der Waals surface area (Å²) >= 11 is 5.63. The van der Waals surface area contributed by atoms with Crippen molar-refractivity contribution < 1.29 is 14.6 Å². The molecule has 1 atom stereocenters. The van der Waals surface area contributed by atoms with Crippen molar-refractivity contribution in [2.24, 2.45) is 0 Å². The van der Waals surface area contributed by atoms with Crippen molar-refractivity contribution in [1.29, 1.82) is 0 Å². The van der Waals surface area contributed by atoms with Crippen molar-refractivity contribution in [3.8, 4) is 0 Å². The lowest BCUT2D eigenvalue weighted by atomic mass is 10.0. The molecule has 0 fully saturated rings. The number of anilines is 1. The number of aliphatic hydroxyl groups is 1. The van der Waals surface area contributed by atoms with Gasteiger partial charge in [-0.2, -0.15) is 0 Å². The monoisotopic (exact) mass is 285 g/mol. The molecular formula is C14H20ClNO3. The van der Waals surface area contributed by atoms with Crippen LogP contribution in [0.4, 0.5) is 5.69 Å². The number of aliphatic hydroxyl groups excluding tert-OH is 1. The van der Waals surface area contributed by atoms with Crippen LogP contribution in [0.2, 0.25) is 0 Å². The molecule has 1 rings (SSSR count). The van der Waals surface area contributed by atoms with Crippen molar-refractivity contribution in [2.45, 2.75) is 26.9 Å². The van der Waals surface area contributed by atoms with Crippen LogP contribution in [0.25, 0.3) is 0 Å². The number of aryl methyl sites for hydroxylation is 1. The number of hydrogen-bond acceptors (Lipinski definition) is 3. The molecule has 1 aromatic rings. The summed E-state index contributed by atoms with van der Waals surface area (Å²) < 4.78 is 5.30. The normalized spacial score (nSPS) is 12.3. The Morgan fingerprint density at radius 3 is 2.74 bits per heavy atom. The maximum Gasteiger partial charge on any atom is 0.243 e. The highest BCUT2D eigenvalue weighted by molar-refractivity contribution is 6.29. The molecule has 0 aliphatic rings. The molecule has 0 heterocycles. The fraction of sp³-hybridized carbons (Fsp3) is 0.500. The van der Waals surface area contributed by atoms with E-state index in [0.717, 1.165) is 5.56 Å². The number of benzene rings is 1. The first kappa shape index (κ1) is 16.0. The highest BCUT2D eigenvalue weighted by Crippen LogP contribution is 2.28. The molecule has 0 radical (unpaired) electrons. The van der Waals surface area contributed by atoms with E-state index in [0.29, 0.717) is 17.9 Å². The number of amides is 1. The van der Waals surface area contributed by atoms with Crippen LogP contribution in [0.3, 0.4) is 0 Å². The van der Waals surface area contributed by atoms with Crippen molar-refractivity contribution in [3.63, 3.8) is 0 Å². The summed E-state index contributed by atoms with van der Waals surface area (Å²) in [6, 6.07) is 5.56. The highest BCUT2D eigenvalue weighted by atomic mass is 35.5. The number of ether oxygens (including phenoxy) is 1. The van der Waals surface area contributed by atoms with Gasteiger partial charge in [0, 0.05) is 12.2 Å². The predicted molar refractivity (Wildman–Crippen MR) is 76.5 cm³/mol. The number of rotatable bonds is 6. The van der Waals surface area contributed by atoms with Crippen LogP contribution in [0.1, 0.15) is 31.1 Å². The van der Waals surface area contributed by atoms with Gasteiger partial charge in [0.25, 0.3) is 0 Å². The zero-order valence-corrected chi connectivity index (χ0v) is 12.3. The lowest BCUT2D eigenvalue weighted by molar-refractivity contribution is -0.117. The number of nitrogens with zero attached hydrogens (tertiary/aromatic N) is 1. The Kier molecular flexibility index (Phi) is 6.28. The summed E-state index contributed by atoms with van der Waals surface area (Å²) in [5, 5.41) is 9.85. The largest absolute Gasteiger partial charge is 0.389 e. The Morgan fingerprint density at radius 2 is 2.21 bits per heavy atom. The molecule has 0 aliphatic carbocycles. The van der Waals surface area contributed by atoms with Crippen LogP contribution in [-0.4, -0.2) is 30.2 Å². The van der Waals surface area contributed by atoms with E-state index in [-0.39, 0.29) is 18.5 Å². The summed E-state index contributed by atoms with van der Waals surface area (Å²) in [6.07, 6.45) is -0.665. The van der Waals surface area contributed by atoms with Gasteiger partial charge >= 0.3 is 0 Å². The lowest BCUT2D eigenvalue weighted by Crippen LogP contribution is -2.35. The van der Waals surface area contributed by atoms with Crippen LogP contribution < -0.4 is 4.90 Å². The minimum absolute atomic E-state index is 0.125. The van der Waals surface area contributed by atoms with E-state index in [1.807, 2.05) is 26.0 Å². The molecule has 0 saturated carbocycles. The average Bonchev–Trinajstić information content (AvgIpc) is 2.39. The molecule has 1 amide bonds. The number of halogens is 1. The van der Waals surface area contributed by atoms with E-state index in [2.05, 4.69) is 0 Å². The van der Waals surface area contributed by atoms with Gasteiger partial charge in [-0.15, -0.1) is 11.6 Å². The summed E-state index contributed by atoms with van der Waals surface area (Å²) in [7, 11) is 0. The van der Waals surface area contributed by atoms with E-state index in [4.69, 9.17) is 16.3 Å². The first-order chi connectivity index (χ1) is 9.01. The standard InChI is InChI=1S/C14H20ClNO3/c1-4-19-9-16(14(18)8-15)13-6-5-10(2)7-12(13)11(3)17/h5-7,11,17H,4,8-9H2,1-3H3. The van der Waals surface area contributed by atoms with Crippen molar-refractivity contribution >= 4 is 23.2 Å². The van der Waals surface area contributed by atoms with Crippen molar-refractivity contribution in [2.75, 3.05) is 24.1 Å². The van der Waals surface area contributed by atoms with Gasteiger partial charge in [-0.25, -0.2) is 0 Å². The Morgan fingerprint density at radius 1 is 1.53 bits per heavy atom. The second-order valence-corrected chi connectivity index (χ2v) is 4.58. The molecule has 19 heavy (non-hydrogen) atoms. The fourth-order valence-corrected chi connectivity index (χ4v) is 1.93. The summed E-state index contributed by atoms with van der Waals surface area (Å²) in [4.78, 5) is 13.4. The van der Waals surface area contributed by atoms with Crippen LogP contribution >= 0.6 is 11.6 Å². The molecule has 4 nitrogen and oxygen atoms in total. The molecular weight excluding hydrogens is 266 g/mol. The highest BCUT2D eigenvalue weighted by Gasteiger charge is 2.20. The third-order valence-electron chi connectivity index (χ3n) is 2.76. The van der Waals surface area contributed by atoms with Crippen molar-refractivity contribution in [1.82, 2.24) is 0 Å². The minimum Gasteiger partial charge on any atom is -0.389 e. The first-order valence-corrected chi connectivity index (χ1v) is 6.77. The van der Waals surface area contributed by atoms with E-state index in [9.17, 15) is 9.90 Å². The summed E-state index contributed by atoms with van der Waals surface area (Å²) in [6.45, 7) is 6.09. The first-order valence-electron chi connectivity index (χ1n) is 6.24. The maximum atomic E-state index is 11.9. The number of carbonyl (C=O) groups excluding carboxylic acids is 1. The smallest absolute Gasteiger partial charge is 0.243 e. The molecule has 0 aromatic heterocycles. The SMILES string of the molecule is CCOCN(C(=O)CCl)c1ccc(C)cc1C(C)O. The Labute approximate surface area is 118 Å². The number of hydrogen-bond donors (Lipinski definition) is 1. The maximum absolute atomic E-state index is 11.9. The second-order valence-electron chi connectivity index (χ2n) is 4.32. The quantitative estimate of drug-likeness (QED) is 0.646. The molecule has 1 N–H and O–H groups in total. The fourth-order valence-electron chi connectivity index (χ4n) is 1.78. The second kappa shape index (κ2) is 7.48. The minimum atomic E-state index is -0.665. The summed E-state index contributed by atoms with van der Waals surface area (Å²) in [5.41, 5.74) is 2.35. The predicted octanol–water partition coefficient (Wildman–Crippen LogP) is 2.61. The molecule has 5 heteroatoms. The molecule has 0 aliphatic heterocycles. The number of alkyl halides is 1. The van der Waals surface area contributed by atoms with Gasteiger partial charge in [-0.3, -0.25) is 9.69 Å². The van der Waals surface area contributed by atoms with E-state index < -0.39 is 6.10 Å². The van der Waals surface area contributed by atoms with Gasteiger partial charge in [-0.1, -0.05) is 17.7 Å². The zero-order valence-electron chi connectivity index (χ0n) is 11.5. The van der Waals surface area contributed by atoms with Crippen LogP contribution in [-0.2, 0) is 9.53 Å². The van der Waals surface area contributed by atoms with Gasteiger partial charge in [0.1, 0.15) is 12.6 Å². The average molecular weight is 286 g/mol. The van der Waals surface area contributed by atoms with Gasteiger partial charge in [0.15, 0.2) is 0 Å².